The molecule has 56 heavy (non-hydrogen) atoms. The van der Waals surface area contributed by atoms with E-state index in [2.05, 4.69) is 4.98 Å². The van der Waals surface area contributed by atoms with Crippen molar-refractivity contribution in [3.63, 3.8) is 0 Å². The van der Waals surface area contributed by atoms with E-state index >= 15 is 0 Å². The fraction of sp³-hybridized carbons (Fsp3) is 0.575. The zero-order chi connectivity index (χ0) is 42.3. The zero-order valence-electron chi connectivity index (χ0n) is 33.6. The van der Waals surface area contributed by atoms with Gasteiger partial charge in [0.05, 0.1) is 17.4 Å². The molecule has 2 aliphatic rings. The molecule has 0 radical (unpaired) electrons. The van der Waals surface area contributed by atoms with Crippen molar-refractivity contribution >= 4 is 47.6 Å². The maximum absolute atomic E-state index is 14.9. The fourth-order valence-electron chi connectivity index (χ4n) is 7.05. The van der Waals surface area contributed by atoms with E-state index in [1.165, 1.54) is 70.4 Å². The molecular formula is C40H51NO15. The van der Waals surface area contributed by atoms with Gasteiger partial charge in [-0.25, -0.2) is 4.79 Å². The minimum absolute atomic E-state index is 0.0287. The summed E-state index contributed by atoms with van der Waals surface area (Å²) in [4.78, 5) is 110. The molecular weight excluding hydrogens is 734 g/mol. The molecule has 0 aliphatic heterocycles. The molecule has 1 aromatic heterocycles. The molecule has 0 spiro atoms. The van der Waals surface area contributed by atoms with Crippen molar-refractivity contribution in [2.75, 3.05) is 6.61 Å². The van der Waals surface area contributed by atoms with Gasteiger partial charge in [0, 0.05) is 70.3 Å². The number of allylic oxidation sites excluding steroid dienone is 1. The Hall–Kier alpha value is -5.41. The van der Waals surface area contributed by atoms with Gasteiger partial charge >= 0.3 is 41.8 Å². The quantitative estimate of drug-likeness (QED) is 0.186. The highest BCUT2D eigenvalue weighted by Crippen LogP contribution is 2.52. The maximum atomic E-state index is 14.9. The van der Waals surface area contributed by atoms with E-state index in [9.17, 15) is 38.4 Å². The average molecular weight is 786 g/mol. The lowest BCUT2D eigenvalue weighted by Crippen LogP contribution is -2.54. The lowest BCUT2D eigenvalue weighted by Gasteiger charge is -2.41. The van der Waals surface area contributed by atoms with Gasteiger partial charge in [-0.2, -0.15) is 0 Å². The predicted octanol–water partition coefficient (Wildman–Crippen LogP) is 3.97. The van der Waals surface area contributed by atoms with Crippen LogP contribution in [0.5, 0.6) is 0 Å². The molecule has 2 aliphatic carbocycles. The molecule has 0 amide bonds. The summed E-state index contributed by atoms with van der Waals surface area (Å²) in [6.07, 6.45) is -0.0268. The number of carbonyl (C=O) groups excluding carboxylic acids is 8. The molecule has 0 aromatic carbocycles. The molecule has 0 bridgehead atoms. The smallest absolute Gasteiger partial charge is 0.340 e. The lowest BCUT2D eigenvalue weighted by atomic mass is 9.75. The van der Waals surface area contributed by atoms with Crippen molar-refractivity contribution in [1.29, 1.82) is 0 Å². The number of ketones is 1. The minimum atomic E-state index is -2.24. The number of ether oxygens (including phenoxy) is 7. The molecule has 1 fully saturated rings. The molecule has 1 aromatic rings. The van der Waals surface area contributed by atoms with Crippen molar-refractivity contribution in [2.24, 2.45) is 23.2 Å². The molecule has 0 unspecified atom stereocenters. The Morgan fingerprint density at radius 1 is 0.821 bits per heavy atom. The SMILES string of the molecule is CC(=O)OCC1=C[C@@H]2[C@H](OC(C)=O)[C@@](C)(OC(C)=O)C[C@@]2(OC(C)=O)C(=O)[C@@H](C)C=CC(C)(C)[C@@H](OC(=O)c2cccnc2)[C@@H](OC(C)=O)[C@@H]1OC(=O)C(C)C. The first-order valence-corrected chi connectivity index (χ1v) is 18.1. The van der Waals surface area contributed by atoms with Gasteiger partial charge in [-0.3, -0.25) is 38.5 Å². The van der Waals surface area contributed by atoms with Crippen LogP contribution in [-0.4, -0.2) is 94.8 Å². The number of carbonyl (C=O) groups is 8. The van der Waals surface area contributed by atoms with Gasteiger partial charge in [0.1, 0.15) is 6.61 Å². The summed E-state index contributed by atoms with van der Waals surface area (Å²) in [7, 11) is 0. The number of hydrogen-bond donors (Lipinski definition) is 0. The van der Waals surface area contributed by atoms with E-state index in [0.29, 0.717) is 0 Å². The second-order valence-electron chi connectivity index (χ2n) is 15.1. The van der Waals surface area contributed by atoms with Crippen LogP contribution >= 0.6 is 0 Å². The number of aromatic nitrogens is 1. The molecule has 0 N–H and O–H groups in total. The Labute approximate surface area is 325 Å². The van der Waals surface area contributed by atoms with Gasteiger partial charge in [0.15, 0.2) is 41.4 Å². The van der Waals surface area contributed by atoms with Gasteiger partial charge in [0.2, 0.25) is 0 Å². The van der Waals surface area contributed by atoms with E-state index < -0.39 is 119 Å². The third kappa shape index (κ3) is 10.7. The normalized spacial score (nSPS) is 28.6. The number of nitrogens with zero attached hydrogens (tertiary/aromatic N) is 1. The summed E-state index contributed by atoms with van der Waals surface area (Å²) >= 11 is 0. The molecule has 1 saturated carbocycles. The Kier molecular flexibility index (Phi) is 14.5. The Morgan fingerprint density at radius 3 is 1.96 bits per heavy atom. The lowest BCUT2D eigenvalue weighted by molar-refractivity contribution is -0.181. The molecule has 3 rings (SSSR count). The molecule has 1 heterocycles. The van der Waals surface area contributed by atoms with Crippen molar-refractivity contribution < 1.29 is 71.5 Å². The standard InChI is InChI=1S/C40H51NO15/c1-21(2)36(48)53-31-29(19-50-23(4)42)17-30-34(52-25(6)44)39(11,55-26(7)45)20-40(30,56-27(8)46)33(47)22(3)14-15-38(9,10)35(32(31)51-24(5)43)54-37(49)28-13-12-16-41-18-28/h12-18,21-22,30-32,34-35H,19-20H2,1-11H3/t22-,30+,31+,32-,34-,35-,39-,40-/m0/s1. The summed E-state index contributed by atoms with van der Waals surface area (Å²) < 4.78 is 41.0. The third-order valence-corrected chi connectivity index (χ3v) is 9.40. The van der Waals surface area contributed by atoms with Crippen LogP contribution in [0.4, 0.5) is 0 Å². The van der Waals surface area contributed by atoms with Gasteiger partial charge in [-0.1, -0.05) is 52.8 Å². The van der Waals surface area contributed by atoms with Crippen LogP contribution in [0, 0.1) is 23.2 Å². The molecule has 16 heteroatoms. The first-order valence-electron chi connectivity index (χ1n) is 18.1. The molecule has 8 atom stereocenters. The summed E-state index contributed by atoms with van der Waals surface area (Å²) in [6, 6.07) is 2.95. The molecule has 16 nitrogen and oxygen atoms in total. The van der Waals surface area contributed by atoms with Crippen LogP contribution in [0.25, 0.3) is 0 Å². The van der Waals surface area contributed by atoms with Gasteiger partial charge in [0.25, 0.3) is 0 Å². The highest BCUT2D eigenvalue weighted by Gasteiger charge is 2.68. The third-order valence-electron chi connectivity index (χ3n) is 9.40. The molecule has 0 saturated heterocycles. The number of rotatable bonds is 10. The van der Waals surface area contributed by atoms with Crippen LogP contribution < -0.4 is 0 Å². The summed E-state index contributed by atoms with van der Waals surface area (Å²) in [5.74, 6) is -10.1. The number of hydrogen-bond acceptors (Lipinski definition) is 16. The van der Waals surface area contributed by atoms with Crippen LogP contribution in [0.3, 0.4) is 0 Å². The van der Waals surface area contributed by atoms with E-state index in [-0.39, 0.29) is 11.1 Å². The number of fused-ring (bicyclic) bond motifs is 1. The number of pyridine rings is 1. The van der Waals surface area contributed by atoms with Gasteiger partial charge in [-0.05, 0) is 19.1 Å². The number of esters is 7. The van der Waals surface area contributed by atoms with Crippen molar-refractivity contribution in [1.82, 2.24) is 4.98 Å². The van der Waals surface area contributed by atoms with E-state index in [0.717, 1.165) is 34.6 Å². The monoisotopic (exact) mass is 785 g/mol. The summed E-state index contributed by atoms with van der Waals surface area (Å²) in [6.45, 7) is 14.0. The number of Topliss-reactive ketones (excluding diaryl/α,β-unsaturated/α-hetero) is 1. The van der Waals surface area contributed by atoms with Crippen molar-refractivity contribution in [2.45, 2.75) is 118 Å². The van der Waals surface area contributed by atoms with Crippen LogP contribution in [0.15, 0.2) is 48.3 Å². The van der Waals surface area contributed by atoms with Crippen LogP contribution in [0.1, 0.15) is 92.9 Å². The average Bonchev–Trinajstić information content (AvgIpc) is 3.29. The first-order chi connectivity index (χ1) is 25.9. The molecule has 306 valence electrons. The predicted molar refractivity (Wildman–Crippen MR) is 194 cm³/mol. The van der Waals surface area contributed by atoms with Crippen LogP contribution in [0.2, 0.25) is 0 Å². The van der Waals surface area contributed by atoms with Gasteiger partial charge < -0.3 is 33.2 Å². The Balaban J connectivity index is 2.60. The summed E-state index contributed by atoms with van der Waals surface area (Å²) in [5.41, 5.74) is -5.53. The largest absolute Gasteiger partial charge is 0.461 e. The second-order valence-corrected chi connectivity index (χ2v) is 15.1. The highest BCUT2D eigenvalue weighted by molar-refractivity contribution is 5.94. The Morgan fingerprint density at radius 2 is 1.45 bits per heavy atom. The fourth-order valence-corrected chi connectivity index (χ4v) is 7.05. The van der Waals surface area contributed by atoms with E-state index in [1.807, 2.05) is 0 Å². The van der Waals surface area contributed by atoms with E-state index in [1.54, 1.807) is 13.8 Å². The maximum Gasteiger partial charge on any atom is 0.340 e. The van der Waals surface area contributed by atoms with Crippen LogP contribution in [-0.2, 0) is 66.7 Å². The summed E-state index contributed by atoms with van der Waals surface area (Å²) in [5, 5.41) is 0. The first kappa shape index (κ1) is 45.0. The van der Waals surface area contributed by atoms with Crippen molar-refractivity contribution in [3.05, 3.63) is 53.9 Å². The van der Waals surface area contributed by atoms with Gasteiger partial charge in [-0.15, -0.1) is 0 Å². The topological polar surface area (TPSA) is 214 Å². The Bertz CT molecular complexity index is 1760. The minimum Gasteiger partial charge on any atom is -0.461 e. The van der Waals surface area contributed by atoms with E-state index in [4.69, 9.17) is 33.2 Å². The second kappa shape index (κ2) is 18.0. The zero-order valence-corrected chi connectivity index (χ0v) is 33.6. The van der Waals surface area contributed by atoms with Crippen molar-refractivity contribution in [3.8, 4) is 0 Å². The highest BCUT2D eigenvalue weighted by atomic mass is 16.6.